The maximum Gasteiger partial charge on any atom is 0.220 e. The molecule has 1 aromatic carbocycles. The van der Waals surface area contributed by atoms with Crippen LogP contribution in [0.25, 0.3) is 0 Å². The summed E-state index contributed by atoms with van der Waals surface area (Å²) < 4.78 is 192. The second-order valence-corrected chi connectivity index (χ2v) is 5.91. The molecule has 0 aromatic heterocycles. The van der Waals surface area contributed by atoms with E-state index in [9.17, 15) is 9.90 Å². The molecule has 2 heterocycles. The van der Waals surface area contributed by atoms with Gasteiger partial charge in [-0.05, 0) is 49.9 Å². The zero-order valence-corrected chi connectivity index (χ0v) is 15.1. The lowest BCUT2D eigenvalue weighted by Gasteiger charge is -2.29. The Labute approximate surface area is 206 Å². The van der Waals surface area contributed by atoms with Gasteiger partial charge in [-0.2, -0.15) is 0 Å². The first-order valence-corrected chi connectivity index (χ1v) is 8.49. The number of rotatable bonds is 11. The first-order chi connectivity index (χ1) is 22.8. The minimum Gasteiger partial charge on any atom is -0.486 e. The molecule has 1 fully saturated rings. The molecule has 6 heteroatoms. The summed E-state index contributed by atoms with van der Waals surface area (Å²) >= 11 is 0. The summed E-state index contributed by atoms with van der Waals surface area (Å²) in [7, 11) is 0. The van der Waals surface area contributed by atoms with E-state index in [0.29, 0.717) is 0 Å². The van der Waals surface area contributed by atoms with Crippen LogP contribution in [0.5, 0.6) is 11.5 Å². The Kier molecular flexibility index (Phi) is 2.70. The predicted molar refractivity (Wildman–Crippen MR) is 113 cm³/mol. The Bertz CT molecular complexity index is 1510. The minimum atomic E-state index is -4.53. The molecule has 0 radical (unpaired) electrons. The largest absolute Gasteiger partial charge is 0.486 e. The maximum atomic E-state index is 13.6. The first-order valence-electron chi connectivity index (χ1n) is 20.0. The van der Waals surface area contributed by atoms with Gasteiger partial charge in [-0.1, -0.05) is 38.4 Å². The van der Waals surface area contributed by atoms with Crippen LogP contribution < -0.4 is 14.8 Å². The third kappa shape index (κ3) is 6.61. The van der Waals surface area contributed by atoms with Gasteiger partial charge >= 0.3 is 0 Å². The molecule has 3 rings (SSSR count). The smallest absolute Gasteiger partial charge is 0.220 e. The van der Waals surface area contributed by atoms with E-state index < -0.39 is 114 Å². The van der Waals surface area contributed by atoms with Gasteiger partial charge in [0.25, 0.3) is 0 Å². The standard InChI is InChI=1S/C23H36N2O4/c1-2-3-4-5-6-9-22(26)24-19(17-25-12-7-8-13-25)23(27)18-10-11-20-21(16-18)29-15-14-28-20/h10-11,16,19,23,27H,2-9,12-15,17H2,1H3,(H,24,26)/t19-,23-/m1/s1/i1D3,2D2,3D2,4D2,5D2,6D2,7D2,8D2,9D2,14D2,15D2. The van der Waals surface area contributed by atoms with E-state index >= 15 is 0 Å². The van der Waals surface area contributed by atoms with Gasteiger partial charge in [0.1, 0.15) is 19.2 Å². The average Bonchev–Trinajstić information content (AvgIpc) is 3.15. The molecule has 162 valence electrons. The molecule has 0 bridgehead atoms. The van der Waals surface area contributed by atoms with Crippen LogP contribution in [0.15, 0.2) is 18.2 Å². The molecule has 0 spiro atoms. The van der Waals surface area contributed by atoms with Crippen molar-refractivity contribution in [1.82, 2.24) is 10.2 Å². The Morgan fingerprint density at radius 1 is 1.24 bits per heavy atom. The molecular weight excluding hydrogens is 368 g/mol. The van der Waals surface area contributed by atoms with Gasteiger partial charge in [-0.25, -0.2) is 0 Å². The number of nitrogens with one attached hydrogen (secondary N) is 1. The highest BCUT2D eigenvalue weighted by atomic mass is 16.6. The fourth-order valence-electron chi connectivity index (χ4n) is 2.67. The van der Waals surface area contributed by atoms with Gasteiger partial charge in [0.15, 0.2) is 11.5 Å². The summed E-state index contributed by atoms with van der Waals surface area (Å²) in [5, 5.41) is 13.4. The molecule has 2 atom stereocenters. The summed E-state index contributed by atoms with van der Waals surface area (Å²) in [6.07, 6.45) is -33.3. The Hall–Kier alpha value is -1.79. The fraction of sp³-hybridized carbons (Fsp3) is 0.696. The summed E-state index contributed by atoms with van der Waals surface area (Å²) in [6, 6.07) is 1.17. The molecule has 2 aliphatic rings. The quantitative estimate of drug-likeness (QED) is 0.566. The number of hydrogen-bond donors (Lipinski definition) is 2. The van der Waals surface area contributed by atoms with Crippen molar-refractivity contribution in [2.45, 2.75) is 70.0 Å². The zero-order chi connectivity index (χ0) is 40.9. The van der Waals surface area contributed by atoms with E-state index in [2.05, 4.69) is 0 Å². The molecule has 1 saturated heterocycles. The van der Waals surface area contributed by atoms with E-state index in [1.54, 1.807) is 0 Å². The highest BCUT2D eigenvalue weighted by Crippen LogP contribution is 2.33. The number of aliphatic hydroxyl groups excluding tert-OH is 1. The van der Waals surface area contributed by atoms with Gasteiger partial charge in [-0.3, -0.25) is 4.79 Å². The van der Waals surface area contributed by atoms with Crippen molar-refractivity contribution in [2.75, 3.05) is 32.8 Å². The average molecular weight is 428 g/mol. The number of ether oxygens (including phenoxy) is 2. The van der Waals surface area contributed by atoms with Crippen LogP contribution in [0, 0.1) is 0 Å². The van der Waals surface area contributed by atoms with Crippen LogP contribution in [0.4, 0.5) is 0 Å². The zero-order valence-electron chi connectivity index (χ0n) is 38.1. The molecule has 2 aliphatic heterocycles. The fourth-order valence-corrected chi connectivity index (χ4v) is 2.67. The van der Waals surface area contributed by atoms with E-state index in [1.807, 2.05) is 5.32 Å². The summed E-state index contributed by atoms with van der Waals surface area (Å²) in [4.78, 5) is 14.6. The lowest BCUT2D eigenvalue weighted by atomic mass is 10.0. The SMILES string of the molecule is [2H]C([2H])([2H])C([2H])([2H])C([2H])([2H])C([2H])([2H])C([2H])([2H])C([2H])([2H])C([2H])([2H])C(=O)N[C@H](CN1CC([2H])([2H])C([2H])([2H])C1)[C@H](O)c1ccc2c(c1)OC([2H])([2H])C([2H])([2H])O2. The Morgan fingerprint density at radius 2 is 2.00 bits per heavy atom. The van der Waals surface area contributed by atoms with Crippen LogP contribution in [0.2, 0.25) is 0 Å². The summed E-state index contributed by atoms with van der Waals surface area (Å²) in [6.45, 7) is -12.0. The van der Waals surface area contributed by atoms with Gasteiger partial charge < -0.3 is 24.8 Å². The van der Waals surface area contributed by atoms with E-state index in [1.165, 1.54) is 0 Å². The summed E-state index contributed by atoms with van der Waals surface area (Å²) in [5.74, 6) is -2.90. The number of carbonyl (C=O) groups excluding carboxylic acids is 1. The molecule has 0 unspecified atom stereocenters. The van der Waals surface area contributed by atoms with Crippen LogP contribution >= 0.6 is 0 Å². The molecule has 0 aliphatic carbocycles. The summed E-state index contributed by atoms with van der Waals surface area (Å²) in [5.41, 5.74) is -0.272. The van der Waals surface area contributed by atoms with Crippen LogP contribution in [-0.2, 0) is 4.79 Å². The van der Waals surface area contributed by atoms with Crippen molar-refractivity contribution in [3.8, 4) is 11.5 Å². The van der Waals surface area contributed by atoms with Crippen molar-refractivity contribution in [2.24, 2.45) is 0 Å². The molecule has 6 nitrogen and oxygen atoms in total. The second kappa shape index (κ2) is 11.4. The number of amides is 1. The number of benzene rings is 1. The van der Waals surface area contributed by atoms with Gasteiger partial charge in [0, 0.05) is 39.0 Å². The van der Waals surface area contributed by atoms with E-state index in [4.69, 9.17) is 41.0 Å². The minimum absolute atomic E-state index is 0.272. The normalized spacial score (nSPS) is 40.5. The van der Waals surface area contributed by atoms with Crippen LogP contribution in [-0.4, -0.2) is 54.7 Å². The third-order valence-corrected chi connectivity index (χ3v) is 3.98. The number of likely N-dealkylation sites (tertiary alicyclic amines) is 1. The van der Waals surface area contributed by atoms with Gasteiger partial charge in [0.05, 0.1) is 11.5 Å². The van der Waals surface area contributed by atoms with Gasteiger partial charge in [-0.15, -0.1) is 0 Å². The predicted octanol–water partition coefficient (Wildman–Crippen LogP) is 3.43. The van der Waals surface area contributed by atoms with Crippen molar-refractivity contribution in [1.29, 1.82) is 0 Å². The molecule has 0 saturated carbocycles. The highest BCUT2D eigenvalue weighted by Gasteiger charge is 2.27. The number of carbonyl (C=O) groups is 1. The number of nitrogens with zero attached hydrogens (tertiary/aromatic N) is 1. The maximum absolute atomic E-state index is 13.6. The van der Waals surface area contributed by atoms with Crippen LogP contribution in [0.1, 0.15) is 101 Å². The lowest BCUT2D eigenvalue weighted by molar-refractivity contribution is -0.123. The highest BCUT2D eigenvalue weighted by molar-refractivity contribution is 5.76. The third-order valence-electron chi connectivity index (χ3n) is 3.98. The van der Waals surface area contributed by atoms with Crippen LogP contribution in [0.3, 0.4) is 0 Å². The Balaban J connectivity index is 2.06. The topological polar surface area (TPSA) is 71.0 Å². The second-order valence-electron chi connectivity index (χ2n) is 5.91. The molecule has 1 amide bonds. The van der Waals surface area contributed by atoms with E-state index in [0.717, 1.165) is 23.1 Å². The lowest BCUT2D eigenvalue weighted by Crippen LogP contribution is -2.46. The van der Waals surface area contributed by atoms with Crippen molar-refractivity contribution in [3.05, 3.63) is 23.8 Å². The molecule has 1 aromatic rings. The number of hydrogen-bond acceptors (Lipinski definition) is 5. The number of fused-ring (bicyclic) bond motifs is 1. The van der Waals surface area contributed by atoms with Crippen molar-refractivity contribution < 1.29 is 50.9 Å². The molecular formula is C23H36N2O4. The first kappa shape index (κ1) is 6.86. The van der Waals surface area contributed by atoms with E-state index in [-0.39, 0.29) is 11.3 Å². The molecule has 2 N–H and O–H groups in total. The Morgan fingerprint density at radius 3 is 2.79 bits per heavy atom. The van der Waals surface area contributed by atoms with Crippen molar-refractivity contribution >= 4 is 5.91 Å². The monoisotopic (exact) mass is 427 g/mol. The molecule has 29 heavy (non-hydrogen) atoms. The number of aliphatic hydroxyl groups is 1. The van der Waals surface area contributed by atoms with Crippen molar-refractivity contribution in [3.63, 3.8) is 0 Å². The van der Waals surface area contributed by atoms with Gasteiger partial charge in [0.2, 0.25) is 5.91 Å².